The number of aliphatic carboxylic acids is 1. The standard InChI is InChI=1S/C16H16FNO2S/c1-16(2,9-3-5-10(17)6-4-9)15-18-13-11(14(19)20)7-8-12(13)21-15/h3-6,11H,7-8H2,1-2H3,(H,19,20). The molecule has 21 heavy (non-hydrogen) atoms. The maximum Gasteiger partial charge on any atom is 0.312 e. The van der Waals surface area contributed by atoms with Crippen LogP contribution in [0.15, 0.2) is 24.3 Å². The molecule has 1 aromatic carbocycles. The van der Waals surface area contributed by atoms with Crippen molar-refractivity contribution in [1.29, 1.82) is 0 Å². The SMILES string of the molecule is CC(C)(c1ccc(F)cc1)c1nc2c(s1)CCC2C(=O)O. The molecule has 2 aromatic rings. The van der Waals surface area contributed by atoms with Gasteiger partial charge in [0.15, 0.2) is 0 Å². The van der Waals surface area contributed by atoms with Crippen LogP contribution in [0, 0.1) is 5.82 Å². The Kier molecular flexibility index (Phi) is 3.32. The molecule has 1 aromatic heterocycles. The summed E-state index contributed by atoms with van der Waals surface area (Å²) >= 11 is 1.58. The zero-order chi connectivity index (χ0) is 15.2. The van der Waals surface area contributed by atoms with Crippen LogP contribution in [0.1, 0.15) is 47.3 Å². The highest BCUT2D eigenvalue weighted by atomic mass is 32.1. The Labute approximate surface area is 126 Å². The molecule has 0 saturated heterocycles. The molecule has 0 saturated carbocycles. The van der Waals surface area contributed by atoms with Crippen molar-refractivity contribution < 1.29 is 14.3 Å². The van der Waals surface area contributed by atoms with Gasteiger partial charge in [-0.15, -0.1) is 11.3 Å². The number of nitrogens with zero attached hydrogens (tertiary/aromatic N) is 1. The fourth-order valence-corrected chi connectivity index (χ4v) is 3.99. The minimum atomic E-state index is -0.801. The molecule has 5 heteroatoms. The smallest absolute Gasteiger partial charge is 0.312 e. The molecular formula is C16H16FNO2S. The van der Waals surface area contributed by atoms with Gasteiger partial charge in [-0.1, -0.05) is 12.1 Å². The predicted octanol–water partition coefficient (Wildman–Crippen LogP) is 3.72. The van der Waals surface area contributed by atoms with Gasteiger partial charge in [0, 0.05) is 10.3 Å². The number of aromatic nitrogens is 1. The van der Waals surface area contributed by atoms with Crippen molar-refractivity contribution in [3.05, 3.63) is 51.2 Å². The van der Waals surface area contributed by atoms with Crippen molar-refractivity contribution in [3.8, 4) is 0 Å². The number of fused-ring (bicyclic) bond motifs is 1. The Morgan fingerprint density at radius 2 is 2.05 bits per heavy atom. The van der Waals surface area contributed by atoms with E-state index in [4.69, 9.17) is 0 Å². The molecule has 1 aliphatic carbocycles. The minimum absolute atomic E-state index is 0.262. The van der Waals surface area contributed by atoms with E-state index in [1.165, 1.54) is 12.1 Å². The van der Waals surface area contributed by atoms with E-state index in [1.807, 2.05) is 13.8 Å². The molecule has 1 heterocycles. The molecule has 1 unspecified atom stereocenters. The van der Waals surface area contributed by atoms with Gasteiger partial charge >= 0.3 is 5.97 Å². The highest BCUT2D eigenvalue weighted by Gasteiger charge is 2.36. The first-order valence-electron chi connectivity index (χ1n) is 6.88. The van der Waals surface area contributed by atoms with Crippen LogP contribution in [0.3, 0.4) is 0 Å². The summed E-state index contributed by atoms with van der Waals surface area (Å²) in [5.74, 6) is -1.54. The maximum absolute atomic E-state index is 13.1. The number of benzene rings is 1. The third-order valence-electron chi connectivity index (χ3n) is 4.12. The highest BCUT2D eigenvalue weighted by molar-refractivity contribution is 7.12. The van der Waals surface area contributed by atoms with E-state index in [1.54, 1.807) is 23.5 Å². The molecule has 0 fully saturated rings. The number of rotatable bonds is 3. The second-order valence-corrected chi connectivity index (χ2v) is 6.97. The van der Waals surface area contributed by atoms with Crippen molar-refractivity contribution in [2.24, 2.45) is 0 Å². The summed E-state index contributed by atoms with van der Waals surface area (Å²) < 4.78 is 13.1. The Morgan fingerprint density at radius 1 is 1.38 bits per heavy atom. The van der Waals surface area contributed by atoms with Crippen LogP contribution < -0.4 is 0 Å². The lowest BCUT2D eigenvalue weighted by Crippen LogP contribution is -2.19. The minimum Gasteiger partial charge on any atom is -0.481 e. The largest absolute Gasteiger partial charge is 0.481 e. The maximum atomic E-state index is 13.1. The number of hydrogen-bond donors (Lipinski definition) is 1. The Balaban J connectivity index is 1.99. The molecule has 3 rings (SSSR count). The molecule has 1 aliphatic rings. The summed E-state index contributed by atoms with van der Waals surface area (Å²) in [5.41, 5.74) is 1.34. The average molecular weight is 305 g/mol. The lowest BCUT2D eigenvalue weighted by atomic mass is 9.85. The van der Waals surface area contributed by atoms with Crippen LogP contribution in [-0.2, 0) is 16.6 Å². The van der Waals surface area contributed by atoms with Gasteiger partial charge < -0.3 is 5.11 Å². The van der Waals surface area contributed by atoms with Gasteiger partial charge in [-0.3, -0.25) is 4.79 Å². The second-order valence-electron chi connectivity index (χ2n) is 5.89. The fraction of sp³-hybridized carbons (Fsp3) is 0.375. The van der Waals surface area contributed by atoms with Gasteiger partial charge in [0.25, 0.3) is 0 Å². The zero-order valence-electron chi connectivity index (χ0n) is 11.9. The first-order valence-corrected chi connectivity index (χ1v) is 7.70. The number of hydrogen-bond acceptors (Lipinski definition) is 3. The number of carboxylic acid groups (broad SMARTS) is 1. The Hall–Kier alpha value is -1.75. The van der Waals surface area contributed by atoms with Crippen LogP contribution in [-0.4, -0.2) is 16.1 Å². The van der Waals surface area contributed by atoms with Crippen LogP contribution in [0.2, 0.25) is 0 Å². The van der Waals surface area contributed by atoms with Gasteiger partial charge in [0.05, 0.1) is 5.69 Å². The summed E-state index contributed by atoms with van der Waals surface area (Å²) in [4.78, 5) is 16.9. The molecule has 0 bridgehead atoms. The number of halogens is 1. The average Bonchev–Trinajstić information content (AvgIpc) is 2.98. The quantitative estimate of drug-likeness (QED) is 0.940. The van der Waals surface area contributed by atoms with Crippen LogP contribution in [0.25, 0.3) is 0 Å². The van der Waals surface area contributed by atoms with E-state index in [2.05, 4.69) is 4.98 Å². The van der Waals surface area contributed by atoms with E-state index in [0.717, 1.165) is 27.6 Å². The predicted molar refractivity (Wildman–Crippen MR) is 79.3 cm³/mol. The molecule has 3 nitrogen and oxygen atoms in total. The first-order chi connectivity index (χ1) is 9.89. The van der Waals surface area contributed by atoms with Crippen molar-refractivity contribution in [2.45, 2.75) is 38.0 Å². The van der Waals surface area contributed by atoms with Crippen LogP contribution in [0.4, 0.5) is 4.39 Å². The van der Waals surface area contributed by atoms with Gasteiger partial charge in [-0.25, -0.2) is 9.37 Å². The first kappa shape index (κ1) is 14.2. The molecule has 0 radical (unpaired) electrons. The normalized spacial score (nSPS) is 17.8. The highest BCUT2D eigenvalue weighted by Crippen LogP contribution is 2.42. The number of carboxylic acids is 1. The summed E-state index contributed by atoms with van der Waals surface area (Å²) in [6.45, 7) is 4.06. The van der Waals surface area contributed by atoms with Crippen molar-refractivity contribution in [3.63, 3.8) is 0 Å². The molecule has 1 atom stereocenters. The summed E-state index contributed by atoms with van der Waals surface area (Å²) in [6.07, 6.45) is 1.42. The molecule has 1 N–H and O–H groups in total. The zero-order valence-corrected chi connectivity index (χ0v) is 12.7. The van der Waals surface area contributed by atoms with Crippen molar-refractivity contribution in [1.82, 2.24) is 4.98 Å². The van der Waals surface area contributed by atoms with Gasteiger partial charge in [0.1, 0.15) is 16.7 Å². The van der Waals surface area contributed by atoms with E-state index in [9.17, 15) is 14.3 Å². The molecule has 0 amide bonds. The third kappa shape index (κ3) is 2.35. The summed E-state index contributed by atoms with van der Waals surface area (Å²) in [6, 6.07) is 6.41. The summed E-state index contributed by atoms with van der Waals surface area (Å²) in [5, 5.41) is 10.1. The Morgan fingerprint density at radius 3 is 2.67 bits per heavy atom. The van der Waals surface area contributed by atoms with Crippen molar-refractivity contribution in [2.75, 3.05) is 0 Å². The third-order valence-corrected chi connectivity index (χ3v) is 5.57. The lowest BCUT2D eigenvalue weighted by molar-refractivity contribution is -0.138. The monoisotopic (exact) mass is 305 g/mol. The van der Waals surface area contributed by atoms with E-state index in [-0.39, 0.29) is 11.2 Å². The van der Waals surface area contributed by atoms with Gasteiger partial charge in [-0.05, 0) is 44.4 Å². The van der Waals surface area contributed by atoms with E-state index >= 15 is 0 Å². The lowest BCUT2D eigenvalue weighted by Gasteiger charge is -2.22. The number of aryl methyl sites for hydroxylation is 1. The number of carbonyl (C=O) groups is 1. The molecule has 0 spiro atoms. The van der Waals surface area contributed by atoms with Crippen LogP contribution >= 0.6 is 11.3 Å². The van der Waals surface area contributed by atoms with E-state index in [0.29, 0.717) is 6.42 Å². The van der Waals surface area contributed by atoms with E-state index < -0.39 is 11.9 Å². The molecular weight excluding hydrogens is 289 g/mol. The fourth-order valence-electron chi connectivity index (χ4n) is 2.72. The number of thiazole rings is 1. The molecule has 0 aliphatic heterocycles. The van der Waals surface area contributed by atoms with Gasteiger partial charge in [-0.2, -0.15) is 0 Å². The van der Waals surface area contributed by atoms with Crippen molar-refractivity contribution >= 4 is 17.3 Å². The van der Waals surface area contributed by atoms with Crippen LogP contribution in [0.5, 0.6) is 0 Å². The second kappa shape index (κ2) is 4.91. The Bertz CT molecular complexity index is 691. The summed E-state index contributed by atoms with van der Waals surface area (Å²) in [7, 11) is 0. The topological polar surface area (TPSA) is 50.2 Å². The molecule has 110 valence electrons. The van der Waals surface area contributed by atoms with Gasteiger partial charge in [0.2, 0.25) is 0 Å².